The first-order valence-electron chi connectivity index (χ1n) is 6.68. The smallest absolute Gasteiger partial charge is 0.181 e. The predicted octanol–water partition coefficient (Wildman–Crippen LogP) is 2.92. The van der Waals surface area contributed by atoms with Crippen LogP contribution in [0.2, 0.25) is 0 Å². The molecule has 1 aromatic carbocycles. The Morgan fingerprint density at radius 1 is 1.24 bits per heavy atom. The van der Waals surface area contributed by atoms with Crippen LogP contribution in [0.25, 0.3) is 11.1 Å². The molecule has 0 saturated carbocycles. The van der Waals surface area contributed by atoms with E-state index in [1.54, 1.807) is 42.7 Å². The number of aliphatic hydroxyl groups is 1. The number of nitrogens with zero attached hydrogens (tertiary/aromatic N) is 2. The summed E-state index contributed by atoms with van der Waals surface area (Å²) < 4.78 is 5.16. The normalized spacial score (nSPS) is 12.4. The van der Waals surface area contributed by atoms with Gasteiger partial charge in [-0.15, -0.1) is 0 Å². The highest BCUT2D eigenvalue weighted by Gasteiger charge is 2.13. The van der Waals surface area contributed by atoms with Crippen LogP contribution in [0.15, 0.2) is 53.5 Å². The number of hydrogen-bond acceptors (Lipinski definition) is 5. The van der Waals surface area contributed by atoms with Gasteiger partial charge in [-0.1, -0.05) is 6.07 Å². The number of ketones is 1. The first-order valence-corrected chi connectivity index (χ1v) is 6.68. The van der Waals surface area contributed by atoms with Crippen molar-refractivity contribution in [2.75, 3.05) is 0 Å². The molecule has 0 aliphatic carbocycles. The number of oxazole rings is 1. The van der Waals surface area contributed by atoms with Gasteiger partial charge in [-0.05, 0) is 36.2 Å². The van der Waals surface area contributed by atoms with E-state index in [4.69, 9.17) is 4.42 Å². The van der Waals surface area contributed by atoms with Crippen LogP contribution in [0.3, 0.4) is 0 Å². The Balaban J connectivity index is 1.66. The number of pyridine rings is 1. The highest BCUT2D eigenvalue weighted by atomic mass is 16.3. The number of fused-ring (bicyclic) bond motifs is 1. The molecule has 106 valence electrons. The van der Waals surface area contributed by atoms with Gasteiger partial charge >= 0.3 is 0 Å². The molecule has 1 N–H and O–H groups in total. The standard InChI is InChI=1S/C16H14N2O3/c19-14(11-5-7-17-8-6-11)2-3-15(20)12-1-4-16-13(9-12)18-10-21-16/h1,4-10,15,20H,2-3H2. The Bertz CT molecular complexity index is 752. The van der Waals surface area contributed by atoms with E-state index in [2.05, 4.69) is 9.97 Å². The van der Waals surface area contributed by atoms with Crippen molar-refractivity contribution in [3.8, 4) is 0 Å². The molecule has 5 heteroatoms. The van der Waals surface area contributed by atoms with E-state index in [0.717, 1.165) is 5.56 Å². The van der Waals surface area contributed by atoms with Crippen LogP contribution < -0.4 is 0 Å². The summed E-state index contributed by atoms with van der Waals surface area (Å²) in [5.74, 6) is -0.000959. The van der Waals surface area contributed by atoms with Crippen molar-refractivity contribution in [2.24, 2.45) is 0 Å². The monoisotopic (exact) mass is 282 g/mol. The number of carbonyl (C=O) groups excluding carboxylic acids is 1. The van der Waals surface area contributed by atoms with Gasteiger partial charge in [0, 0.05) is 24.4 Å². The Kier molecular flexibility index (Phi) is 3.75. The number of carbonyl (C=O) groups is 1. The number of aliphatic hydroxyl groups excluding tert-OH is 1. The van der Waals surface area contributed by atoms with Crippen LogP contribution in [0.1, 0.15) is 34.9 Å². The van der Waals surface area contributed by atoms with Gasteiger partial charge in [-0.25, -0.2) is 4.98 Å². The molecule has 0 amide bonds. The zero-order valence-corrected chi connectivity index (χ0v) is 11.3. The van der Waals surface area contributed by atoms with Crippen molar-refractivity contribution in [2.45, 2.75) is 18.9 Å². The minimum absolute atomic E-state index is 0.000959. The molecule has 2 aromatic heterocycles. The van der Waals surface area contributed by atoms with Gasteiger partial charge in [0.2, 0.25) is 0 Å². The van der Waals surface area contributed by atoms with Gasteiger partial charge < -0.3 is 9.52 Å². The minimum Gasteiger partial charge on any atom is -0.443 e. The van der Waals surface area contributed by atoms with E-state index >= 15 is 0 Å². The molecule has 1 unspecified atom stereocenters. The van der Waals surface area contributed by atoms with Crippen LogP contribution in [0.4, 0.5) is 0 Å². The minimum atomic E-state index is -0.697. The summed E-state index contributed by atoms with van der Waals surface area (Å²) >= 11 is 0. The highest BCUT2D eigenvalue weighted by molar-refractivity contribution is 5.95. The molecule has 0 spiro atoms. The van der Waals surface area contributed by atoms with Crippen LogP contribution in [-0.4, -0.2) is 20.9 Å². The Labute approximate surface area is 121 Å². The fourth-order valence-corrected chi connectivity index (χ4v) is 2.20. The van der Waals surface area contributed by atoms with E-state index in [9.17, 15) is 9.90 Å². The third-order valence-electron chi connectivity index (χ3n) is 3.39. The van der Waals surface area contributed by atoms with Gasteiger partial charge in [0.15, 0.2) is 17.8 Å². The lowest BCUT2D eigenvalue weighted by molar-refractivity contribution is 0.0940. The molecule has 0 saturated heterocycles. The maximum Gasteiger partial charge on any atom is 0.181 e. The molecule has 0 bridgehead atoms. The van der Waals surface area contributed by atoms with Gasteiger partial charge in [0.1, 0.15) is 5.52 Å². The number of Topliss-reactive ketones (excluding diaryl/α,β-unsaturated/α-hetero) is 1. The number of benzene rings is 1. The van der Waals surface area contributed by atoms with Crippen molar-refractivity contribution in [3.63, 3.8) is 0 Å². The maximum absolute atomic E-state index is 12.0. The van der Waals surface area contributed by atoms with E-state index in [1.807, 2.05) is 0 Å². The van der Waals surface area contributed by atoms with Gasteiger partial charge in [0.05, 0.1) is 6.10 Å². The maximum atomic E-state index is 12.0. The van der Waals surface area contributed by atoms with Gasteiger partial charge in [0.25, 0.3) is 0 Å². The van der Waals surface area contributed by atoms with Crippen molar-refractivity contribution in [3.05, 3.63) is 60.2 Å². The first kappa shape index (κ1) is 13.5. The summed E-state index contributed by atoms with van der Waals surface area (Å²) in [6.45, 7) is 0. The quantitative estimate of drug-likeness (QED) is 0.728. The molecule has 0 aliphatic rings. The van der Waals surface area contributed by atoms with Gasteiger partial charge in [-0.2, -0.15) is 0 Å². The Morgan fingerprint density at radius 3 is 2.86 bits per heavy atom. The average molecular weight is 282 g/mol. The second kappa shape index (κ2) is 5.85. The number of rotatable bonds is 5. The fourth-order valence-electron chi connectivity index (χ4n) is 2.20. The highest BCUT2D eigenvalue weighted by Crippen LogP contribution is 2.23. The first-order chi connectivity index (χ1) is 10.2. The summed E-state index contributed by atoms with van der Waals surface area (Å²) in [5.41, 5.74) is 2.73. The topological polar surface area (TPSA) is 76.2 Å². The molecule has 0 fully saturated rings. The molecule has 3 rings (SSSR count). The summed E-state index contributed by atoms with van der Waals surface area (Å²) in [7, 11) is 0. The van der Waals surface area contributed by atoms with Crippen LogP contribution in [0.5, 0.6) is 0 Å². The lowest BCUT2D eigenvalue weighted by atomic mass is 10.0. The van der Waals surface area contributed by atoms with Crippen molar-refractivity contribution in [1.82, 2.24) is 9.97 Å². The van der Waals surface area contributed by atoms with E-state index in [-0.39, 0.29) is 12.2 Å². The average Bonchev–Trinajstić information content (AvgIpc) is 3.00. The second-order valence-electron chi connectivity index (χ2n) is 4.79. The summed E-state index contributed by atoms with van der Waals surface area (Å²) in [6.07, 6.45) is 4.49. The largest absolute Gasteiger partial charge is 0.443 e. The van der Waals surface area contributed by atoms with Crippen LogP contribution in [-0.2, 0) is 0 Å². The summed E-state index contributed by atoms with van der Waals surface area (Å²) in [5, 5.41) is 10.2. The molecular formula is C16H14N2O3. The summed E-state index contributed by atoms with van der Waals surface area (Å²) in [6, 6.07) is 8.69. The SMILES string of the molecule is O=C(CCC(O)c1ccc2ocnc2c1)c1ccncc1. The molecule has 2 heterocycles. The zero-order valence-electron chi connectivity index (χ0n) is 11.3. The van der Waals surface area contributed by atoms with E-state index < -0.39 is 6.10 Å². The predicted molar refractivity (Wildman–Crippen MR) is 76.8 cm³/mol. The van der Waals surface area contributed by atoms with Crippen molar-refractivity contribution in [1.29, 1.82) is 0 Å². The lowest BCUT2D eigenvalue weighted by Gasteiger charge is -2.10. The zero-order chi connectivity index (χ0) is 14.7. The van der Waals surface area contributed by atoms with Crippen molar-refractivity contribution >= 4 is 16.9 Å². The summed E-state index contributed by atoms with van der Waals surface area (Å²) in [4.78, 5) is 19.9. The fraction of sp³-hybridized carbons (Fsp3) is 0.188. The Morgan fingerprint density at radius 2 is 2.05 bits per heavy atom. The third-order valence-corrected chi connectivity index (χ3v) is 3.39. The van der Waals surface area contributed by atoms with E-state index in [0.29, 0.717) is 23.1 Å². The second-order valence-corrected chi connectivity index (χ2v) is 4.79. The van der Waals surface area contributed by atoms with E-state index in [1.165, 1.54) is 6.39 Å². The molecule has 3 aromatic rings. The molecular weight excluding hydrogens is 268 g/mol. The molecule has 21 heavy (non-hydrogen) atoms. The lowest BCUT2D eigenvalue weighted by Crippen LogP contribution is -2.04. The van der Waals surface area contributed by atoms with Crippen LogP contribution in [0, 0.1) is 0 Å². The molecule has 0 aliphatic heterocycles. The van der Waals surface area contributed by atoms with Gasteiger partial charge in [-0.3, -0.25) is 9.78 Å². The number of aromatic nitrogens is 2. The number of hydrogen-bond donors (Lipinski definition) is 1. The Hall–Kier alpha value is -2.53. The molecule has 1 atom stereocenters. The van der Waals surface area contributed by atoms with Crippen LogP contribution >= 0.6 is 0 Å². The molecule has 0 radical (unpaired) electrons. The molecule has 5 nitrogen and oxygen atoms in total. The van der Waals surface area contributed by atoms with Crippen molar-refractivity contribution < 1.29 is 14.3 Å². The third kappa shape index (κ3) is 2.98.